The Morgan fingerprint density at radius 1 is 1.20 bits per heavy atom. The first-order valence-corrected chi connectivity index (χ1v) is 11.6. The van der Waals surface area contributed by atoms with Crippen molar-refractivity contribution >= 4 is 66.1 Å². The Hall–Kier alpha value is -2.84. The van der Waals surface area contributed by atoms with E-state index in [1.165, 1.54) is 15.2 Å². The molecule has 30 heavy (non-hydrogen) atoms. The van der Waals surface area contributed by atoms with Gasteiger partial charge in [0.05, 0.1) is 21.1 Å². The topological polar surface area (TPSA) is 71.0 Å². The zero-order chi connectivity index (χ0) is 20.7. The number of aromatic nitrogens is 3. The maximum atomic E-state index is 12.2. The van der Waals surface area contributed by atoms with Gasteiger partial charge in [-0.25, -0.2) is 15.0 Å². The molecule has 6 nitrogen and oxygen atoms in total. The number of hydrogen-bond acceptors (Lipinski definition) is 7. The highest BCUT2D eigenvalue weighted by Gasteiger charge is 2.21. The average Bonchev–Trinajstić information content (AvgIpc) is 3.40. The van der Waals surface area contributed by atoms with Gasteiger partial charge >= 0.3 is 0 Å². The van der Waals surface area contributed by atoms with Crippen LogP contribution in [0, 0.1) is 5.92 Å². The fraction of sp³-hybridized carbons (Fsp3) is 0.273. The van der Waals surface area contributed by atoms with E-state index in [-0.39, 0.29) is 11.8 Å². The number of amides is 1. The highest BCUT2D eigenvalue weighted by atomic mass is 32.1. The van der Waals surface area contributed by atoms with Crippen LogP contribution in [-0.4, -0.2) is 38.8 Å². The Labute approximate surface area is 182 Å². The number of anilines is 2. The third kappa shape index (κ3) is 3.57. The molecule has 1 aliphatic rings. The summed E-state index contributed by atoms with van der Waals surface area (Å²) < 4.78 is 1.17. The molecule has 0 bridgehead atoms. The van der Waals surface area contributed by atoms with Gasteiger partial charge in [0.25, 0.3) is 0 Å². The van der Waals surface area contributed by atoms with E-state index in [4.69, 9.17) is 0 Å². The SMILES string of the molecule is CC(C)C(=O)N1CC=C(c2cc3c(Nc4ccc5scnc5c4)ncnc3s2)CC1. The highest BCUT2D eigenvalue weighted by Crippen LogP contribution is 2.36. The summed E-state index contributed by atoms with van der Waals surface area (Å²) in [7, 11) is 0. The van der Waals surface area contributed by atoms with Crippen LogP contribution in [0.5, 0.6) is 0 Å². The van der Waals surface area contributed by atoms with Crippen LogP contribution in [0.4, 0.5) is 11.5 Å². The Bertz CT molecular complexity index is 1270. The molecule has 0 atom stereocenters. The summed E-state index contributed by atoms with van der Waals surface area (Å²) in [6.45, 7) is 5.34. The van der Waals surface area contributed by atoms with Crippen LogP contribution < -0.4 is 5.32 Å². The molecule has 8 heteroatoms. The minimum absolute atomic E-state index is 0.0386. The van der Waals surface area contributed by atoms with Gasteiger partial charge in [0.2, 0.25) is 5.91 Å². The first-order valence-electron chi connectivity index (χ1n) is 9.91. The lowest BCUT2D eigenvalue weighted by Crippen LogP contribution is -2.37. The van der Waals surface area contributed by atoms with E-state index in [9.17, 15) is 4.79 Å². The van der Waals surface area contributed by atoms with Crippen LogP contribution in [0.1, 0.15) is 25.1 Å². The van der Waals surface area contributed by atoms with Crippen LogP contribution in [0.25, 0.3) is 26.0 Å². The number of rotatable bonds is 4. The van der Waals surface area contributed by atoms with Crippen molar-refractivity contribution in [3.63, 3.8) is 0 Å². The minimum Gasteiger partial charge on any atom is -0.340 e. The lowest BCUT2D eigenvalue weighted by Gasteiger charge is -2.27. The van der Waals surface area contributed by atoms with Crippen molar-refractivity contribution in [2.45, 2.75) is 20.3 Å². The van der Waals surface area contributed by atoms with Crippen molar-refractivity contribution in [1.82, 2.24) is 19.9 Å². The van der Waals surface area contributed by atoms with E-state index in [1.54, 1.807) is 29.0 Å². The molecule has 0 radical (unpaired) electrons. The summed E-state index contributed by atoms with van der Waals surface area (Å²) in [6.07, 6.45) is 4.64. The van der Waals surface area contributed by atoms with E-state index in [0.29, 0.717) is 6.54 Å². The standard InChI is InChI=1S/C22H21N5OS2/c1-13(2)22(28)27-7-5-14(6-8-27)19-10-16-20(23-11-24-21(16)30-19)26-15-3-4-18-17(9-15)25-12-29-18/h3-5,9-13H,6-8H2,1-2H3,(H,23,24,26). The summed E-state index contributed by atoms with van der Waals surface area (Å²) >= 11 is 3.31. The highest BCUT2D eigenvalue weighted by molar-refractivity contribution is 7.19. The van der Waals surface area contributed by atoms with E-state index in [2.05, 4.69) is 38.5 Å². The minimum atomic E-state index is 0.0386. The smallest absolute Gasteiger partial charge is 0.225 e. The largest absolute Gasteiger partial charge is 0.340 e. The Kier molecular flexibility index (Phi) is 4.96. The Balaban J connectivity index is 1.42. The number of nitrogens with one attached hydrogen (secondary N) is 1. The number of carbonyl (C=O) groups excluding carboxylic acids is 1. The zero-order valence-electron chi connectivity index (χ0n) is 16.8. The fourth-order valence-corrected chi connectivity index (χ4v) is 5.37. The molecule has 1 N–H and O–H groups in total. The first-order chi connectivity index (χ1) is 14.6. The molecular weight excluding hydrogens is 414 g/mol. The number of nitrogens with zero attached hydrogens (tertiary/aromatic N) is 4. The lowest BCUT2D eigenvalue weighted by molar-refractivity contribution is -0.134. The van der Waals surface area contributed by atoms with Crippen molar-refractivity contribution < 1.29 is 4.79 Å². The fourth-order valence-electron chi connectivity index (χ4n) is 3.64. The van der Waals surface area contributed by atoms with E-state index in [1.807, 2.05) is 36.4 Å². The van der Waals surface area contributed by atoms with E-state index < -0.39 is 0 Å². The van der Waals surface area contributed by atoms with Crippen molar-refractivity contribution in [3.05, 3.63) is 47.1 Å². The molecule has 1 aromatic carbocycles. The number of hydrogen-bond donors (Lipinski definition) is 1. The van der Waals surface area contributed by atoms with Crippen molar-refractivity contribution in [1.29, 1.82) is 0 Å². The van der Waals surface area contributed by atoms with Crippen LogP contribution in [0.2, 0.25) is 0 Å². The lowest BCUT2D eigenvalue weighted by atomic mass is 10.0. The molecule has 4 heterocycles. The number of thiophene rings is 1. The molecule has 1 aliphatic heterocycles. The molecule has 0 aliphatic carbocycles. The van der Waals surface area contributed by atoms with Gasteiger partial charge in [-0.05, 0) is 36.3 Å². The molecule has 1 amide bonds. The predicted molar refractivity (Wildman–Crippen MR) is 124 cm³/mol. The maximum Gasteiger partial charge on any atom is 0.225 e. The van der Waals surface area contributed by atoms with E-state index in [0.717, 1.165) is 40.2 Å². The molecule has 4 aromatic rings. The quantitative estimate of drug-likeness (QED) is 0.470. The summed E-state index contributed by atoms with van der Waals surface area (Å²) in [4.78, 5) is 29.7. The summed E-state index contributed by atoms with van der Waals surface area (Å²) in [5.74, 6) is 1.05. The van der Waals surface area contributed by atoms with Gasteiger partial charge in [0.15, 0.2) is 0 Å². The molecule has 152 valence electrons. The van der Waals surface area contributed by atoms with Gasteiger partial charge in [-0.15, -0.1) is 22.7 Å². The van der Waals surface area contributed by atoms with Crippen LogP contribution in [0.3, 0.4) is 0 Å². The Morgan fingerprint density at radius 2 is 2.10 bits per heavy atom. The maximum absolute atomic E-state index is 12.2. The average molecular weight is 436 g/mol. The number of thiazole rings is 1. The van der Waals surface area contributed by atoms with Crippen LogP contribution >= 0.6 is 22.7 Å². The number of benzene rings is 1. The van der Waals surface area contributed by atoms with Gasteiger partial charge in [0, 0.05) is 29.6 Å². The molecule has 0 saturated heterocycles. The van der Waals surface area contributed by atoms with Crippen LogP contribution in [0.15, 0.2) is 42.2 Å². The van der Waals surface area contributed by atoms with Crippen molar-refractivity contribution in [2.24, 2.45) is 5.92 Å². The molecule has 5 rings (SSSR count). The number of carbonyl (C=O) groups is 1. The van der Waals surface area contributed by atoms with Gasteiger partial charge in [-0.2, -0.15) is 0 Å². The van der Waals surface area contributed by atoms with Gasteiger partial charge in [-0.3, -0.25) is 4.79 Å². The summed E-state index contributed by atoms with van der Waals surface area (Å²) in [5.41, 5.74) is 5.08. The molecule has 0 saturated carbocycles. The van der Waals surface area contributed by atoms with Crippen molar-refractivity contribution in [2.75, 3.05) is 18.4 Å². The molecule has 0 spiro atoms. The molecule has 3 aromatic heterocycles. The Morgan fingerprint density at radius 3 is 2.90 bits per heavy atom. The molecular formula is C22H21N5OS2. The first kappa shape index (κ1) is 19.1. The normalized spacial score (nSPS) is 14.5. The monoisotopic (exact) mass is 435 g/mol. The molecule has 0 unspecified atom stereocenters. The molecule has 0 fully saturated rings. The van der Waals surface area contributed by atoms with Gasteiger partial charge < -0.3 is 10.2 Å². The third-order valence-corrected chi connectivity index (χ3v) is 7.18. The van der Waals surface area contributed by atoms with Crippen molar-refractivity contribution in [3.8, 4) is 0 Å². The van der Waals surface area contributed by atoms with E-state index >= 15 is 0 Å². The van der Waals surface area contributed by atoms with Gasteiger partial charge in [-0.1, -0.05) is 19.9 Å². The second-order valence-corrected chi connectivity index (χ2v) is 9.55. The summed E-state index contributed by atoms with van der Waals surface area (Å²) in [6, 6.07) is 8.32. The third-order valence-electron chi connectivity index (χ3n) is 5.25. The zero-order valence-corrected chi connectivity index (χ0v) is 18.4. The second-order valence-electron chi connectivity index (χ2n) is 7.63. The second kappa shape index (κ2) is 7.77. The number of fused-ring (bicyclic) bond motifs is 2. The predicted octanol–water partition coefficient (Wildman–Crippen LogP) is 5.32. The van der Waals surface area contributed by atoms with Gasteiger partial charge in [0.1, 0.15) is 17.0 Å². The summed E-state index contributed by atoms with van der Waals surface area (Å²) in [5, 5.41) is 4.44. The van der Waals surface area contributed by atoms with Crippen LogP contribution in [-0.2, 0) is 4.79 Å².